The van der Waals surface area contributed by atoms with E-state index in [9.17, 15) is 0 Å². The van der Waals surface area contributed by atoms with Gasteiger partial charge < -0.3 is 4.74 Å². The lowest BCUT2D eigenvalue weighted by Crippen LogP contribution is -2.25. The van der Waals surface area contributed by atoms with Crippen LogP contribution in [0.2, 0.25) is 0 Å². The third-order valence-electron chi connectivity index (χ3n) is 7.43. The van der Waals surface area contributed by atoms with Gasteiger partial charge >= 0.3 is 0 Å². The largest absolute Gasteiger partial charge is 0.381 e. The average molecular weight is 509 g/mol. The first-order valence-corrected chi connectivity index (χ1v) is 15.0. The molecule has 0 amide bonds. The Labute approximate surface area is 229 Å². The minimum atomic E-state index is -0.0884. The molecule has 37 heavy (non-hydrogen) atoms. The number of rotatable bonds is 22. The van der Waals surface area contributed by atoms with E-state index in [4.69, 9.17) is 4.74 Å². The fraction of sp³-hybridized carbons (Fsp3) is 0.588. The van der Waals surface area contributed by atoms with Crippen molar-refractivity contribution in [2.45, 2.75) is 115 Å². The molecule has 0 saturated heterocycles. The quantitative estimate of drug-likeness (QED) is 0.0721. The molecule has 0 radical (unpaired) electrons. The van der Waals surface area contributed by atoms with Gasteiger partial charge in [0.25, 0.3) is 0 Å². The Bertz CT molecular complexity index is 707. The average Bonchev–Trinajstić information content (AvgIpc) is 2.96. The Kier molecular flexibility index (Phi) is 20.7. The molecular weight excluding hydrogens is 452 g/mol. The van der Waals surface area contributed by atoms with Crippen molar-refractivity contribution in [3.8, 4) is 0 Å². The van der Waals surface area contributed by atoms with Crippen LogP contribution < -0.4 is 11.7 Å². The van der Waals surface area contributed by atoms with Crippen LogP contribution in [-0.4, -0.2) is 13.2 Å². The number of nitrogens with two attached hydrogens (primary N) is 2. The molecule has 0 fully saturated rings. The van der Waals surface area contributed by atoms with E-state index < -0.39 is 0 Å². The molecule has 0 atom stereocenters. The zero-order valence-electron chi connectivity index (χ0n) is 23.8. The molecule has 3 heteroatoms. The molecule has 4 N–H and O–H groups in total. The summed E-state index contributed by atoms with van der Waals surface area (Å²) in [5.74, 6) is 8.00. The molecule has 0 heterocycles. The van der Waals surface area contributed by atoms with E-state index in [1.54, 1.807) is 0 Å². The number of allylic oxidation sites excluding steroid dienone is 1. The van der Waals surface area contributed by atoms with Crippen molar-refractivity contribution in [2.24, 2.45) is 11.7 Å². The number of ether oxygens (including phenoxy) is 1. The predicted octanol–water partition coefficient (Wildman–Crippen LogP) is 9.26. The third kappa shape index (κ3) is 14.0. The molecule has 0 aromatic heterocycles. The lowest BCUT2D eigenvalue weighted by molar-refractivity contribution is 0.125. The first-order chi connectivity index (χ1) is 18.3. The van der Waals surface area contributed by atoms with Gasteiger partial charge in [0.1, 0.15) is 0 Å². The van der Waals surface area contributed by atoms with Gasteiger partial charge in [-0.1, -0.05) is 157 Å². The standard InChI is InChI=1S/C34H52O.H4N2/c1-3-5-6-7-8-11-14-23-30-35-31-24-15-12-9-10-13-22-29-34(4-2,32-25-18-16-19-26-32)33-27-20-17-21-28-33;1-2/h4,16-21,25-28H,2-3,5-15,22-24,29-31H2,1H3;1-2H2. The van der Waals surface area contributed by atoms with Crippen LogP contribution in [0.4, 0.5) is 0 Å². The van der Waals surface area contributed by atoms with Crippen LogP contribution in [0.25, 0.3) is 0 Å². The lowest BCUT2D eigenvalue weighted by Gasteiger charge is -2.32. The summed E-state index contributed by atoms with van der Waals surface area (Å²) in [5.41, 5.74) is 2.62. The predicted molar refractivity (Wildman–Crippen MR) is 163 cm³/mol. The summed E-state index contributed by atoms with van der Waals surface area (Å²) in [6.07, 6.45) is 23.3. The molecule has 2 rings (SSSR count). The maximum absolute atomic E-state index is 5.85. The van der Waals surface area contributed by atoms with Gasteiger partial charge in [-0.2, -0.15) is 0 Å². The maximum atomic E-state index is 5.85. The van der Waals surface area contributed by atoms with Gasteiger partial charge in [0, 0.05) is 18.6 Å². The molecule has 208 valence electrons. The first-order valence-electron chi connectivity index (χ1n) is 15.0. The van der Waals surface area contributed by atoms with E-state index in [-0.39, 0.29) is 5.41 Å². The van der Waals surface area contributed by atoms with Crippen LogP contribution in [0.15, 0.2) is 73.3 Å². The zero-order valence-corrected chi connectivity index (χ0v) is 23.8. The van der Waals surface area contributed by atoms with Gasteiger partial charge in [-0.05, 0) is 30.4 Å². The topological polar surface area (TPSA) is 61.3 Å². The van der Waals surface area contributed by atoms with E-state index >= 15 is 0 Å². The normalized spacial score (nSPS) is 11.1. The maximum Gasteiger partial charge on any atom is 0.0466 e. The minimum absolute atomic E-state index is 0.0884. The molecule has 0 saturated carbocycles. The molecule has 0 aliphatic rings. The van der Waals surface area contributed by atoms with Gasteiger partial charge in [0.15, 0.2) is 0 Å². The Hall–Kier alpha value is -1.94. The van der Waals surface area contributed by atoms with Crippen LogP contribution in [0, 0.1) is 0 Å². The van der Waals surface area contributed by atoms with Gasteiger partial charge in [0.2, 0.25) is 0 Å². The van der Waals surface area contributed by atoms with E-state index in [2.05, 4.69) is 91.9 Å². The number of hydrogen-bond donors (Lipinski definition) is 2. The number of unbranched alkanes of at least 4 members (excludes halogenated alkanes) is 13. The monoisotopic (exact) mass is 508 g/mol. The van der Waals surface area contributed by atoms with E-state index in [1.807, 2.05) is 0 Å². The Morgan fingerprint density at radius 1 is 0.595 bits per heavy atom. The zero-order chi connectivity index (χ0) is 26.9. The van der Waals surface area contributed by atoms with Crippen molar-refractivity contribution >= 4 is 0 Å². The highest BCUT2D eigenvalue weighted by molar-refractivity contribution is 5.43. The molecule has 2 aromatic carbocycles. The summed E-state index contributed by atoms with van der Waals surface area (Å²) in [5, 5.41) is 0. The van der Waals surface area contributed by atoms with Gasteiger partial charge in [-0.25, -0.2) is 0 Å². The lowest BCUT2D eigenvalue weighted by atomic mass is 9.71. The van der Waals surface area contributed by atoms with Gasteiger partial charge in [0.05, 0.1) is 0 Å². The van der Waals surface area contributed by atoms with Crippen molar-refractivity contribution < 1.29 is 4.74 Å². The third-order valence-corrected chi connectivity index (χ3v) is 7.43. The summed E-state index contributed by atoms with van der Waals surface area (Å²) >= 11 is 0. The van der Waals surface area contributed by atoms with Gasteiger partial charge in [-0.3, -0.25) is 11.7 Å². The Balaban J connectivity index is 0.00000334. The smallest absolute Gasteiger partial charge is 0.0466 e. The molecule has 0 aliphatic heterocycles. The number of hydrazine groups is 1. The second kappa shape index (κ2) is 23.2. The van der Waals surface area contributed by atoms with E-state index in [0.29, 0.717) is 0 Å². The molecule has 0 bridgehead atoms. The van der Waals surface area contributed by atoms with Crippen LogP contribution >= 0.6 is 0 Å². The number of hydrogen-bond acceptors (Lipinski definition) is 3. The summed E-state index contributed by atoms with van der Waals surface area (Å²) in [6.45, 7) is 8.47. The summed E-state index contributed by atoms with van der Waals surface area (Å²) in [6, 6.07) is 21.8. The summed E-state index contributed by atoms with van der Waals surface area (Å²) in [7, 11) is 0. The van der Waals surface area contributed by atoms with E-state index in [1.165, 1.54) is 107 Å². The molecule has 3 nitrogen and oxygen atoms in total. The second-order valence-electron chi connectivity index (χ2n) is 10.2. The van der Waals surface area contributed by atoms with Crippen LogP contribution in [0.3, 0.4) is 0 Å². The Morgan fingerprint density at radius 3 is 1.38 bits per heavy atom. The second-order valence-corrected chi connectivity index (χ2v) is 10.2. The molecule has 0 unspecified atom stereocenters. The fourth-order valence-corrected chi connectivity index (χ4v) is 5.20. The molecule has 0 spiro atoms. The van der Waals surface area contributed by atoms with Crippen molar-refractivity contribution in [2.75, 3.05) is 13.2 Å². The highest BCUT2D eigenvalue weighted by Crippen LogP contribution is 2.38. The van der Waals surface area contributed by atoms with Crippen molar-refractivity contribution in [3.63, 3.8) is 0 Å². The highest BCUT2D eigenvalue weighted by atomic mass is 16.5. The van der Waals surface area contributed by atoms with Gasteiger partial charge in [-0.15, -0.1) is 6.58 Å². The van der Waals surface area contributed by atoms with Crippen molar-refractivity contribution in [1.82, 2.24) is 0 Å². The Morgan fingerprint density at radius 2 is 0.973 bits per heavy atom. The van der Waals surface area contributed by atoms with Crippen molar-refractivity contribution in [1.29, 1.82) is 0 Å². The van der Waals surface area contributed by atoms with Crippen molar-refractivity contribution in [3.05, 3.63) is 84.4 Å². The fourth-order valence-electron chi connectivity index (χ4n) is 5.20. The minimum Gasteiger partial charge on any atom is -0.381 e. The van der Waals surface area contributed by atoms with E-state index in [0.717, 1.165) is 19.6 Å². The summed E-state index contributed by atoms with van der Waals surface area (Å²) < 4.78 is 5.85. The van der Waals surface area contributed by atoms with Crippen LogP contribution in [0.5, 0.6) is 0 Å². The molecular formula is C34H56N2O. The highest BCUT2D eigenvalue weighted by Gasteiger charge is 2.30. The summed E-state index contributed by atoms with van der Waals surface area (Å²) in [4.78, 5) is 0. The first kappa shape index (κ1) is 33.1. The van der Waals surface area contributed by atoms with Crippen LogP contribution in [0.1, 0.15) is 121 Å². The molecule has 0 aliphatic carbocycles. The SMILES string of the molecule is C=CC(CCCCCCCCCOCCCCCCCCCC)(c1ccccc1)c1ccccc1.NN. The molecule has 2 aromatic rings. The van der Waals surface area contributed by atoms with Crippen LogP contribution in [-0.2, 0) is 10.2 Å². The number of benzene rings is 2.